The van der Waals surface area contributed by atoms with Gasteiger partial charge in [0.1, 0.15) is 18.8 Å². The van der Waals surface area contributed by atoms with E-state index in [9.17, 15) is 14.0 Å². The Labute approximate surface area is 116 Å². The molecule has 5 nitrogen and oxygen atoms in total. The van der Waals surface area contributed by atoms with Crippen LogP contribution in [0.1, 0.15) is 12.0 Å². The van der Waals surface area contributed by atoms with Crippen molar-refractivity contribution in [2.75, 3.05) is 13.7 Å². The summed E-state index contributed by atoms with van der Waals surface area (Å²) >= 11 is 0. The van der Waals surface area contributed by atoms with Gasteiger partial charge in [-0.15, -0.1) is 0 Å². The number of methoxy groups -OCH3 is 1. The van der Waals surface area contributed by atoms with E-state index >= 15 is 0 Å². The van der Waals surface area contributed by atoms with Crippen molar-refractivity contribution in [2.45, 2.75) is 25.2 Å². The molecule has 0 spiro atoms. The van der Waals surface area contributed by atoms with Gasteiger partial charge in [0.05, 0.1) is 13.7 Å². The number of likely N-dealkylation sites (tertiary alicyclic amines) is 1. The van der Waals surface area contributed by atoms with E-state index in [2.05, 4.69) is 4.74 Å². The summed E-state index contributed by atoms with van der Waals surface area (Å²) in [6, 6.07) is 8.24. The maximum absolute atomic E-state index is 13.4. The van der Waals surface area contributed by atoms with Gasteiger partial charge in [0.25, 0.3) is 0 Å². The van der Waals surface area contributed by atoms with Gasteiger partial charge in [-0.25, -0.2) is 14.0 Å². The lowest BCUT2D eigenvalue weighted by atomic mass is 10.2. The second kappa shape index (κ2) is 6.36. The van der Waals surface area contributed by atoms with Gasteiger partial charge in [-0.2, -0.15) is 0 Å². The normalized spacial score (nSPS) is 21.6. The Morgan fingerprint density at radius 3 is 2.70 bits per heavy atom. The Hall–Kier alpha value is -2.11. The van der Waals surface area contributed by atoms with Gasteiger partial charge in [-0.1, -0.05) is 30.3 Å². The number of benzene rings is 1. The van der Waals surface area contributed by atoms with E-state index < -0.39 is 24.3 Å². The number of esters is 1. The van der Waals surface area contributed by atoms with Gasteiger partial charge in [-0.3, -0.25) is 4.90 Å². The monoisotopic (exact) mass is 281 g/mol. The molecule has 1 heterocycles. The van der Waals surface area contributed by atoms with Crippen LogP contribution in [0.5, 0.6) is 0 Å². The van der Waals surface area contributed by atoms with E-state index in [1.54, 1.807) is 0 Å². The topological polar surface area (TPSA) is 55.8 Å². The second-order valence-electron chi connectivity index (χ2n) is 4.56. The van der Waals surface area contributed by atoms with Crippen LogP contribution in [-0.2, 0) is 20.9 Å². The molecular formula is C14H16FNO4. The molecular weight excluding hydrogens is 265 g/mol. The number of nitrogens with zero attached hydrogens (tertiary/aromatic N) is 1. The first-order valence-electron chi connectivity index (χ1n) is 6.31. The molecule has 1 aliphatic rings. The predicted octanol–water partition coefficient (Wildman–Crippen LogP) is 1.91. The molecule has 0 radical (unpaired) electrons. The largest absolute Gasteiger partial charge is 0.459 e. The van der Waals surface area contributed by atoms with Crippen molar-refractivity contribution in [1.29, 1.82) is 0 Å². The zero-order valence-corrected chi connectivity index (χ0v) is 11.1. The third-order valence-corrected chi connectivity index (χ3v) is 3.16. The fraction of sp³-hybridized carbons (Fsp3) is 0.429. The predicted molar refractivity (Wildman–Crippen MR) is 68.7 cm³/mol. The van der Waals surface area contributed by atoms with Crippen molar-refractivity contribution in [3.63, 3.8) is 0 Å². The van der Waals surface area contributed by atoms with Crippen molar-refractivity contribution in [3.05, 3.63) is 35.9 Å². The minimum atomic E-state index is -1.23. The van der Waals surface area contributed by atoms with Crippen LogP contribution in [0, 0.1) is 0 Å². The Bertz CT molecular complexity index is 479. The van der Waals surface area contributed by atoms with Crippen molar-refractivity contribution >= 4 is 12.1 Å². The molecule has 0 saturated carbocycles. The number of halogens is 1. The van der Waals surface area contributed by atoms with Gasteiger partial charge in [0.2, 0.25) is 0 Å². The molecule has 1 aliphatic heterocycles. The molecule has 108 valence electrons. The van der Waals surface area contributed by atoms with E-state index in [0.717, 1.165) is 10.5 Å². The van der Waals surface area contributed by atoms with E-state index in [1.165, 1.54) is 7.11 Å². The van der Waals surface area contributed by atoms with Gasteiger partial charge in [-0.05, 0) is 5.56 Å². The van der Waals surface area contributed by atoms with Gasteiger partial charge < -0.3 is 9.47 Å². The molecule has 1 saturated heterocycles. The molecule has 0 N–H and O–H groups in total. The molecule has 2 rings (SSSR count). The van der Waals surface area contributed by atoms with Crippen molar-refractivity contribution < 1.29 is 23.5 Å². The second-order valence-corrected chi connectivity index (χ2v) is 4.56. The molecule has 1 aromatic rings. The molecule has 6 heteroatoms. The number of alkyl halides is 1. The average Bonchev–Trinajstić information content (AvgIpc) is 2.87. The summed E-state index contributed by atoms with van der Waals surface area (Å²) in [6.45, 7) is -0.0418. The van der Waals surface area contributed by atoms with Crippen LogP contribution in [-0.4, -0.2) is 42.8 Å². The van der Waals surface area contributed by atoms with Crippen LogP contribution in [0.2, 0.25) is 0 Å². The molecule has 0 aliphatic carbocycles. The molecule has 2 atom stereocenters. The minimum absolute atomic E-state index is 0.0529. The highest BCUT2D eigenvalue weighted by Gasteiger charge is 2.41. The standard InChI is InChI=1S/C14H16FNO4/c1-19-14(18)16-8-11(15)7-12(16)13(17)20-9-10-5-3-2-4-6-10/h2-6,11-12H,7-9H2,1H3. The van der Waals surface area contributed by atoms with E-state index in [0.29, 0.717) is 0 Å². The quantitative estimate of drug-likeness (QED) is 0.794. The van der Waals surface area contributed by atoms with Gasteiger partial charge in [0, 0.05) is 6.42 Å². The minimum Gasteiger partial charge on any atom is -0.459 e. The van der Waals surface area contributed by atoms with Crippen LogP contribution >= 0.6 is 0 Å². The average molecular weight is 281 g/mol. The molecule has 0 bridgehead atoms. The number of rotatable bonds is 3. The Balaban J connectivity index is 1.95. The van der Waals surface area contributed by atoms with E-state index in [1.807, 2.05) is 30.3 Å². The molecule has 1 fully saturated rings. The highest BCUT2D eigenvalue weighted by Crippen LogP contribution is 2.22. The van der Waals surface area contributed by atoms with E-state index in [-0.39, 0.29) is 19.6 Å². The lowest BCUT2D eigenvalue weighted by Gasteiger charge is -2.21. The first-order chi connectivity index (χ1) is 9.61. The number of carbonyl (C=O) groups excluding carboxylic acids is 2. The van der Waals surface area contributed by atoms with Crippen molar-refractivity contribution in [1.82, 2.24) is 4.90 Å². The third-order valence-electron chi connectivity index (χ3n) is 3.16. The SMILES string of the molecule is COC(=O)N1CC(F)CC1C(=O)OCc1ccccc1. The van der Waals surface area contributed by atoms with Crippen molar-refractivity contribution in [3.8, 4) is 0 Å². The maximum atomic E-state index is 13.4. The first kappa shape index (κ1) is 14.3. The van der Waals surface area contributed by atoms with E-state index in [4.69, 9.17) is 4.74 Å². The fourth-order valence-electron chi connectivity index (χ4n) is 2.15. The molecule has 2 unspecified atom stereocenters. The van der Waals surface area contributed by atoms with Crippen molar-refractivity contribution in [2.24, 2.45) is 0 Å². The molecule has 0 aromatic heterocycles. The number of ether oxygens (including phenoxy) is 2. The fourth-order valence-corrected chi connectivity index (χ4v) is 2.15. The summed E-state index contributed by atoms with van der Waals surface area (Å²) < 4.78 is 23.1. The number of hydrogen-bond donors (Lipinski definition) is 0. The zero-order chi connectivity index (χ0) is 14.5. The van der Waals surface area contributed by atoms with Crippen LogP contribution in [0.15, 0.2) is 30.3 Å². The lowest BCUT2D eigenvalue weighted by Crippen LogP contribution is -2.41. The highest BCUT2D eigenvalue weighted by molar-refractivity contribution is 5.82. The lowest BCUT2D eigenvalue weighted by molar-refractivity contribution is -0.149. The Morgan fingerprint density at radius 1 is 1.35 bits per heavy atom. The first-order valence-corrected chi connectivity index (χ1v) is 6.31. The molecule has 1 amide bonds. The third kappa shape index (κ3) is 3.26. The van der Waals surface area contributed by atoms with Crippen LogP contribution in [0.25, 0.3) is 0 Å². The highest BCUT2D eigenvalue weighted by atomic mass is 19.1. The maximum Gasteiger partial charge on any atom is 0.410 e. The number of hydrogen-bond acceptors (Lipinski definition) is 4. The zero-order valence-electron chi connectivity index (χ0n) is 11.1. The summed E-state index contributed by atoms with van der Waals surface area (Å²) in [5, 5.41) is 0. The number of carbonyl (C=O) groups is 2. The van der Waals surface area contributed by atoms with Gasteiger partial charge in [0.15, 0.2) is 0 Å². The smallest absolute Gasteiger partial charge is 0.410 e. The Kier molecular flexibility index (Phi) is 4.55. The summed E-state index contributed by atoms with van der Waals surface area (Å²) in [5.41, 5.74) is 0.834. The van der Waals surface area contributed by atoms with Crippen LogP contribution in [0.3, 0.4) is 0 Å². The summed E-state index contributed by atoms with van der Waals surface area (Å²) in [7, 11) is 1.19. The van der Waals surface area contributed by atoms with Gasteiger partial charge >= 0.3 is 12.1 Å². The summed E-state index contributed by atoms with van der Waals surface area (Å²) in [4.78, 5) is 24.5. The summed E-state index contributed by atoms with van der Waals surface area (Å²) in [6.07, 6.45) is -2.00. The van der Waals surface area contributed by atoms with Crippen LogP contribution in [0.4, 0.5) is 9.18 Å². The van der Waals surface area contributed by atoms with Crippen LogP contribution < -0.4 is 0 Å². The molecule has 1 aromatic carbocycles. The summed E-state index contributed by atoms with van der Waals surface area (Å²) in [5.74, 6) is -0.612. The number of amides is 1. The Morgan fingerprint density at radius 2 is 2.05 bits per heavy atom. The molecule has 20 heavy (non-hydrogen) atoms.